The molecule has 2 aromatic carbocycles. The number of halogens is 1. The van der Waals surface area contributed by atoms with Crippen LogP contribution in [0.1, 0.15) is 55.1 Å². The zero-order valence-corrected chi connectivity index (χ0v) is 20.5. The molecule has 1 aliphatic heterocycles. The summed E-state index contributed by atoms with van der Waals surface area (Å²) in [5.41, 5.74) is 2.36. The van der Waals surface area contributed by atoms with Gasteiger partial charge in [-0.1, -0.05) is 42.8 Å². The van der Waals surface area contributed by atoms with Crippen LogP contribution in [0.15, 0.2) is 47.4 Å². The van der Waals surface area contributed by atoms with E-state index in [1.807, 2.05) is 12.1 Å². The number of hydrogen-bond acceptors (Lipinski definition) is 4. The van der Waals surface area contributed by atoms with Crippen LogP contribution in [0.2, 0.25) is 5.02 Å². The van der Waals surface area contributed by atoms with E-state index < -0.39 is 15.9 Å². The molecule has 174 valence electrons. The fraction of sp³-hybridized carbons (Fsp3) is 0.458. The van der Waals surface area contributed by atoms with Gasteiger partial charge in [-0.2, -0.15) is 0 Å². The maximum absolute atomic E-state index is 12.7. The van der Waals surface area contributed by atoms with Crippen LogP contribution in [0, 0.1) is 5.92 Å². The highest BCUT2D eigenvalue weighted by Gasteiger charge is 2.20. The number of sulfonamides is 1. The lowest BCUT2D eigenvalue weighted by atomic mass is 9.99. The second kappa shape index (κ2) is 10.8. The molecule has 0 radical (unpaired) electrons. The summed E-state index contributed by atoms with van der Waals surface area (Å²) < 4.78 is 27.3. The van der Waals surface area contributed by atoms with E-state index in [9.17, 15) is 13.2 Å². The fourth-order valence-electron chi connectivity index (χ4n) is 3.74. The predicted molar refractivity (Wildman–Crippen MR) is 128 cm³/mol. The van der Waals surface area contributed by atoms with Gasteiger partial charge >= 0.3 is 0 Å². The van der Waals surface area contributed by atoms with Gasteiger partial charge in [-0.3, -0.25) is 9.69 Å². The molecule has 1 heterocycles. The van der Waals surface area contributed by atoms with Gasteiger partial charge in [0.05, 0.1) is 15.5 Å². The third-order valence-electron chi connectivity index (χ3n) is 5.64. The number of piperidine rings is 1. The van der Waals surface area contributed by atoms with E-state index in [2.05, 4.69) is 34.0 Å². The van der Waals surface area contributed by atoms with E-state index in [0.29, 0.717) is 6.54 Å². The Morgan fingerprint density at radius 1 is 1.09 bits per heavy atom. The largest absolute Gasteiger partial charge is 0.348 e. The van der Waals surface area contributed by atoms with Gasteiger partial charge in [0.15, 0.2) is 0 Å². The Morgan fingerprint density at radius 3 is 2.34 bits per heavy atom. The molecule has 0 bridgehead atoms. The van der Waals surface area contributed by atoms with Gasteiger partial charge < -0.3 is 5.32 Å². The molecule has 0 saturated carbocycles. The number of hydrogen-bond donors (Lipinski definition) is 2. The molecular formula is C24H32ClN3O3S. The van der Waals surface area contributed by atoms with Crippen LogP contribution < -0.4 is 10.0 Å². The van der Waals surface area contributed by atoms with Crippen molar-refractivity contribution in [3.63, 3.8) is 0 Å². The molecule has 6 nitrogen and oxygen atoms in total. The number of nitrogens with one attached hydrogen (secondary N) is 2. The smallest absolute Gasteiger partial charge is 0.253 e. The third-order valence-corrected chi connectivity index (χ3v) is 7.63. The first-order chi connectivity index (χ1) is 15.1. The third kappa shape index (κ3) is 6.78. The topological polar surface area (TPSA) is 78.5 Å². The standard InChI is InChI=1S/C24H32ClN3O3S/c1-17(2)27-32(30,31)21-8-9-23(25)22(14-21)24(29)26-15-19-4-6-20(7-5-19)16-28-12-10-18(3)11-13-28/h4-9,14,17-18,27H,10-13,15-16H2,1-3H3,(H,26,29). The van der Waals surface area contributed by atoms with Crippen molar-refractivity contribution in [3.05, 3.63) is 64.2 Å². The molecule has 1 aliphatic rings. The molecule has 0 aromatic heterocycles. The summed E-state index contributed by atoms with van der Waals surface area (Å²) in [5, 5.41) is 3.04. The summed E-state index contributed by atoms with van der Waals surface area (Å²) >= 11 is 6.17. The number of amides is 1. The van der Waals surface area contributed by atoms with Crippen molar-refractivity contribution in [1.29, 1.82) is 0 Å². The van der Waals surface area contributed by atoms with Crippen molar-refractivity contribution in [1.82, 2.24) is 14.9 Å². The van der Waals surface area contributed by atoms with Crippen LogP contribution in [-0.4, -0.2) is 38.4 Å². The van der Waals surface area contributed by atoms with Gasteiger partial charge in [0.1, 0.15) is 0 Å². The fourth-order valence-corrected chi connectivity index (χ4v) is 5.22. The molecule has 2 N–H and O–H groups in total. The number of benzene rings is 2. The van der Waals surface area contributed by atoms with Crippen LogP contribution in [0.3, 0.4) is 0 Å². The summed E-state index contributed by atoms with van der Waals surface area (Å²) in [6.07, 6.45) is 2.51. The molecule has 8 heteroatoms. The van der Waals surface area contributed by atoms with Gasteiger partial charge in [0, 0.05) is 19.1 Å². The lowest BCUT2D eigenvalue weighted by molar-refractivity contribution is 0.0951. The van der Waals surface area contributed by atoms with Crippen molar-refractivity contribution in [2.24, 2.45) is 5.92 Å². The van der Waals surface area contributed by atoms with Gasteiger partial charge in [-0.05, 0) is 75.0 Å². The second-order valence-electron chi connectivity index (χ2n) is 8.88. The number of carbonyl (C=O) groups excluding carboxylic acids is 1. The highest BCUT2D eigenvalue weighted by Crippen LogP contribution is 2.21. The van der Waals surface area contributed by atoms with E-state index in [4.69, 9.17) is 11.6 Å². The highest BCUT2D eigenvalue weighted by molar-refractivity contribution is 7.89. The van der Waals surface area contributed by atoms with E-state index in [1.165, 1.54) is 36.6 Å². The van der Waals surface area contributed by atoms with Crippen LogP contribution in [0.5, 0.6) is 0 Å². The minimum absolute atomic E-state index is 0.0113. The zero-order valence-electron chi connectivity index (χ0n) is 18.9. The quantitative estimate of drug-likeness (QED) is 0.597. The molecule has 0 spiro atoms. The summed E-state index contributed by atoms with van der Waals surface area (Å²) in [5.74, 6) is 0.404. The second-order valence-corrected chi connectivity index (χ2v) is 11.0. The molecule has 32 heavy (non-hydrogen) atoms. The molecular weight excluding hydrogens is 446 g/mol. The summed E-state index contributed by atoms with van der Waals surface area (Å²) in [6.45, 7) is 9.34. The van der Waals surface area contributed by atoms with E-state index in [0.717, 1.165) is 31.1 Å². The Bertz CT molecular complexity index is 1030. The minimum Gasteiger partial charge on any atom is -0.348 e. The number of rotatable bonds is 8. The van der Waals surface area contributed by atoms with Crippen LogP contribution in [0.4, 0.5) is 0 Å². The van der Waals surface area contributed by atoms with E-state index in [-0.39, 0.29) is 21.5 Å². The van der Waals surface area contributed by atoms with Crippen molar-refractivity contribution in [2.75, 3.05) is 13.1 Å². The van der Waals surface area contributed by atoms with Gasteiger partial charge in [0.2, 0.25) is 10.0 Å². The minimum atomic E-state index is -3.71. The summed E-state index contributed by atoms with van der Waals surface area (Å²) in [4.78, 5) is 15.2. The number of likely N-dealkylation sites (tertiary alicyclic amines) is 1. The van der Waals surface area contributed by atoms with Crippen molar-refractivity contribution in [2.45, 2.75) is 57.6 Å². The Kier molecular flexibility index (Phi) is 8.33. The van der Waals surface area contributed by atoms with Crippen molar-refractivity contribution in [3.8, 4) is 0 Å². The molecule has 0 aliphatic carbocycles. The summed E-state index contributed by atoms with van der Waals surface area (Å²) in [7, 11) is -3.71. The normalized spacial score (nSPS) is 15.8. The SMILES string of the molecule is CC1CCN(Cc2ccc(CNC(=O)c3cc(S(=O)(=O)NC(C)C)ccc3Cl)cc2)CC1. The van der Waals surface area contributed by atoms with Gasteiger partial charge in [0.25, 0.3) is 5.91 Å². The molecule has 3 rings (SSSR count). The van der Waals surface area contributed by atoms with E-state index >= 15 is 0 Å². The molecule has 0 atom stereocenters. The Labute approximate surface area is 196 Å². The Hall–Kier alpha value is -1.93. The first-order valence-corrected chi connectivity index (χ1v) is 12.9. The first kappa shape index (κ1) is 24.7. The summed E-state index contributed by atoms with van der Waals surface area (Å²) in [6, 6.07) is 12.1. The van der Waals surface area contributed by atoms with Gasteiger partial charge in [-0.15, -0.1) is 0 Å². The van der Waals surface area contributed by atoms with Gasteiger partial charge in [-0.25, -0.2) is 13.1 Å². The molecule has 2 aromatic rings. The maximum atomic E-state index is 12.7. The highest BCUT2D eigenvalue weighted by atomic mass is 35.5. The number of carbonyl (C=O) groups is 1. The Balaban J connectivity index is 1.60. The molecule has 0 unspecified atom stereocenters. The van der Waals surface area contributed by atoms with Crippen molar-refractivity contribution < 1.29 is 13.2 Å². The number of nitrogens with zero attached hydrogens (tertiary/aromatic N) is 1. The monoisotopic (exact) mass is 477 g/mol. The molecule has 1 saturated heterocycles. The lowest BCUT2D eigenvalue weighted by Gasteiger charge is -2.30. The average molecular weight is 478 g/mol. The van der Waals surface area contributed by atoms with Crippen LogP contribution in [-0.2, 0) is 23.1 Å². The van der Waals surface area contributed by atoms with Crippen LogP contribution in [0.25, 0.3) is 0 Å². The first-order valence-electron chi connectivity index (χ1n) is 11.0. The zero-order chi connectivity index (χ0) is 23.3. The van der Waals surface area contributed by atoms with Crippen LogP contribution >= 0.6 is 11.6 Å². The molecule has 1 fully saturated rings. The van der Waals surface area contributed by atoms with Crippen molar-refractivity contribution >= 4 is 27.5 Å². The van der Waals surface area contributed by atoms with E-state index in [1.54, 1.807) is 13.8 Å². The predicted octanol–water partition coefficient (Wildman–Crippen LogP) is 4.19. The average Bonchev–Trinajstić information content (AvgIpc) is 2.74. The Morgan fingerprint density at radius 2 is 1.72 bits per heavy atom. The maximum Gasteiger partial charge on any atom is 0.253 e. The lowest BCUT2D eigenvalue weighted by Crippen LogP contribution is -2.32. The molecule has 1 amide bonds.